The molecule has 1 aromatic carbocycles. The van der Waals surface area contributed by atoms with E-state index in [1.54, 1.807) is 12.1 Å². The Kier molecular flexibility index (Phi) is 3.61. The van der Waals surface area contributed by atoms with Crippen LogP contribution in [0.5, 0.6) is 0 Å². The van der Waals surface area contributed by atoms with Gasteiger partial charge in [0.15, 0.2) is 0 Å². The van der Waals surface area contributed by atoms with Gasteiger partial charge in [-0.2, -0.15) is 0 Å². The highest BCUT2D eigenvalue weighted by Crippen LogP contribution is 2.35. The second-order valence-corrected chi connectivity index (χ2v) is 5.97. The first kappa shape index (κ1) is 13.0. The quantitative estimate of drug-likeness (QED) is 0.861. The zero-order valence-corrected chi connectivity index (χ0v) is 11.4. The van der Waals surface area contributed by atoms with Crippen LogP contribution in [0.3, 0.4) is 0 Å². The third kappa shape index (κ3) is 2.67. The van der Waals surface area contributed by atoms with Gasteiger partial charge in [0, 0.05) is 16.5 Å². The lowest BCUT2D eigenvalue weighted by atomic mass is 10.1. The molecule has 1 aliphatic heterocycles. The van der Waals surface area contributed by atoms with Crippen molar-refractivity contribution in [2.45, 2.75) is 37.0 Å². The summed E-state index contributed by atoms with van der Waals surface area (Å²) in [6.07, 6.45) is 0. The van der Waals surface area contributed by atoms with E-state index in [1.165, 1.54) is 11.8 Å². The van der Waals surface area contributed by atoms with Crippen molar-refractivity contribution in [1.29, 1.82) is 0 Å². The van der Waals surface area contributed by atoms with Crippen LogP contribution in [0.15, 0.2) is 23.1 Å². The second-order valence-electron chi connectivity index (χ2n) is 4.59. The number of benzene rings is 1. The molecule has 0 bridgehead atoms. The maximum Gasteiger partial charge on any atom is 0.251 e. The lowest BCUT2D eigenvalue weighted by Gasteiger charge is -2.21. The maximum atomic E-state index is 11.9. The fraction of sp³-hybridized carbons (Fsp3) is 0.385. The maximum absolute atomic E-state index is 11.9. The van der Waals surface area contributed by atoms with E-state index in [2.05, 4.69) is 10.6 Å². The highest BCUT2D eigenvalue weighted by Gasteiger charge is 2.23. The Hall–Kier alpha value is -1.49. The lowest BCUT2D eigenvalue weighted by Crippen LogP contribution is -2.31. The number of hydrogen-bond acceptors (Lipinski definition) is 3. The van der Waals surface area contributed by atoms with Crippen molar-refractivity contribution >= 4 is 29.3 Å². The molecule has 1 atom stereocenters. The van der Waals surface area contributed by atoms with E-state index in [1.807, 2.05) is 26.8 Å². The molecular weight excluding hydrogens is 248 g/mol. The van der Waals surface area contributed by atoms with Gasteiger partial charge in [-0.25, -0.2) is 0 Å². The van der Waals surface area contributed by atoms with Crippen LogP contribution in [0.1, 0.15) is 31.1 Å². The van der Waals surface area contributed by atoms with Crippen molar-refractivity contribution in [3.8, 4) is 0 Å². The highest BCUT2D eigenvalue weighted by molar-refractivity contribution is 8.00. The van der Waals surface area contributed by atoms with Crippen molar-refractivity contribution < 1.29 is 9.59 Å². The molecule has 2 rings (SSSR count). The van der Waals surface area contributed by atoms with E-state index in [0.29, 0.717) is 5.56 Å². The molecule has 5 heteroatoms. The average molecular weight is 264 g/mol. The van der Waals surface area contributed by atoms with Crippen molar-refractivity contribution in [3.05, 3.63) is 23.8 Å². The van der Waals surface area contributed by atoms with Gasteiger partial charge in [0.2, 0.25) is 5.91 Å². The summed E-state index contributed by atoms with van der Waals surface area (Å²) in [5.74, 6) is -0.139. The van der Waals surface area contributed by atoms with E-state index in [4.69, 9.17) is 0 Å². The summed E-state index contributed by atoms with van der Waals surface area (Å²) in [5.41, 5.74) is 1.29. The molecule has 0 spiro atoms. The van der Waals surface area contributed by atoms with Crippen molar-refractivity contribution in [3.63, 3.8) is 0 Å². The molecule has 2 N–H and O–H groups in total. The Bertz CT molecular complexity index is 500. The number of nitrogens with one attached hydrogen (secondary N) is 2. The zero-order valence-electron chi connectivity index (χ0n) is 10.6. The predicted molar refractivity (Wildman–Crippen MR) is 73.0 cm³/mol. The fourth-order valence-corrected chi connectivity index (χ4v) is 2.63. The second kappa shape index (κ2) is 5.02. The van der Waals surface area contributed by atoms with Crippen LogP contribution in [-0.2, 0) is 4.79 Å². The molecule has 0 aromatic heterocycles. The van der Waals surface area contributed by atoms with E-state index in [-0.39, 0.29) is 23.1 Å². The summed E-state index contributed by atoms with van der Waals surface area (Å²) in [7, 11) is 0. The van der Waals surface area contributed by atoms with Gasteiger partial charge in [-0.15, -0.1) is 11.8 Å². The SMILES string of the molecule is CC(C)NC(=O)c1ccc2c(c1)NC(=O)[C@@H](C)S2. The number of thioether (sulfide) groups is 1. The van der Waals surface area contributed by atoms with Gasteiger partial charge in [0.25, 0.3) is 5.91 Å². The monoisotopic (exact) mass is 264 g/mol. The molecule has 18 heavy (non-hydrogen) atoms. The molecule has 4 nitrogen and oxygen atoms in total. The Morgan fingerprint density at radius 1 is 1.44 bits per heavy atom. The Morgan fingerprint density at radius 2 is 2.17 bits per heavy atom. The van der Waals surface area contributed by atoms with Crippen LogP contribution >= 0.6 is 11.8 Å². The van der Waals surface area contributed by atoms with Crippen LogP contribution in [0, 0.1) is 0 Å². The normalized spacial score (nSPS) is 18.2. The Balaban J connectivity index is 2.25. The summed E-state index contributed by atoms with van der Waals surface area (Å²) in [5, 5.41) is 5.56. The van der Waals surface area contributed by atoms with Gasteiger partial charge in [-0.3, -0.25) is 9.59 Å². The number of hydrogen-bond donors (Lipinski definition) is 2. The molecule has 0 saturated heterocycles. The predicted octanol–water partition coefficient (Wildman–Crippen LogP) is 2.26. The Labute approximate surface area is 111 Å². The first-order chi connectivity index (χ1) is 8.47. The third-order valence-electron chi connectivity index (χ3n) is 2.59. The minimum atomic E-state index is -0.120. The number of carbonyl (C=O) groups is 2. The van der Waals surface area contributed by atoms with Crippen LogP contribution in [0.2, 0.25) is 0 Å². The van der Waals surface area contributed by atoms with Crippen LogP contribution in [0.4, 0.5) is 5.69 Å². The zero-order chi connectivity index (χ0) is 13.3. The number of amides is 2. The van der Waals surface area contributed by atoms with Gasteiger partial charge in [0.05, 0.1) is 10.9 Å². The largest absolute Gasteiger partial charge is 0.350 e. The van der Waals surface area contributed by atoms with Crippen molar-refractivity contribution in [2.75, 3.05) is 5.32 Å². The number of rotatable bonds is 2. The lowest BCUT2D eigenvalue weighted by molar-refractivity contribution is -0.115. The molecular formula is C13H16N2O2S. The standard InChI is InChI=1S/C13H16N2O2S/c1-7(2)14-13(17)9-4-5-11-10(6-9)15-12(16)8(3)18-11/h4-8H,1-3H3,(H,14,17)(H,15,16)/t8-/m1/s1. The van der Waals surface area contributed by atoms with Gasteiger partial charge < -0.3 is 10.6 Å². The number of anilines is 1. The Morgan fingerprint density at radius 3 is 2.83 bits per heavy atom. The molecule has 0 radical (unpaired) electrons. The molecule has 1 aliphatic rings. The molecule has 0 unspecified atom stereocenters. The first-order valence-electron chi connectivity index (χ1n) is 5.90. The number of fused-ring (bicyclic) bond motifs is 1. The summed E-state index contributed by atoms with van der Waals surface area (Å²) in [6.45, 7) is 5.69. The van der Waals surface area contributed by atoms with Crippen molar-refractivity contribution in [1.82, 2.24) is 5.32 Å². The van der Waals surface area contributed by atoms with Gasteiger partial charge >= 0.3 is 0 Å². The fourth-order valence-electron chi connectivity index (χ4n) is 1.70. The van der Waals surface area contributed by atoms with E-state index in [9.17, 15) is 9.59 Å². The molecule has 0 fully saturated rings. The highest BCUT2D eigenvalue weighted by atomic mass is 32.2. The molecule has 1 aromatic rings. The van der Waals surface area contributed by atoms with Crippen LogP contribution in [0.25, 0.3) is 0 Å². The summed E-state index contributed by atoms with van der Waals surface area (Å²) >= 11 is 1.51. The third-order valence-corrected chi connectivity index (χ3v) is 3.77. The van der Waals surface area contributed by atoms with E-state index in [0.717, 1.165) is 10.6 Å². The van der Waals surface area contributed by atoms with E-state index < -0.39 is 0 Å². The van der Waals surface area contributed by atoms with Gasteiger partial charge in [-0.05, 0) is 39.0 Å². The molecule has 0 aliphatic carbocycles. The minimum absolute atomic E-state index is 0.0195. The molecule has 1 heterocycles. The number of carbonyl (C=O) groups excluding carboxylic acids is 2. The molecule has 96 valence electrons. The summed E-state index contributed by atoms with van der Waals surface area (Å²) in [4.78, 5) is 24.4. The first-order valence-corrected chi connectivity index (χ1v) is 6.78. The smallest absolute Gasteiger partial charge is 0.251 e. The van der Waals surface area contributed by atoms with Crippen LogP contribution < -0.4 is 10.6 Å². The summed E-state index contributed by atoms with van der Waals surface area (Å²) < 4.78 is 0. The summed E-state index contributed by atoms with van der Waals surface area (Å²) in [6, 6.07) is 5.49. The van der Waals surface area contributed by atoms with Gasteiger partial charge in [-0.1, -0.05) is 0 Å². The minimum Gasteiger partial charge on any atom is -0.350 e. The van der Waals surface area contributed by atoms with Gasteiger partial charge in [0.1, 0.15) is 0 Å². The molecule has 2 amide bonds. The van der Waals surface area contributed by atoms with Crippen LogP contribution in [-0.4, -0.2) is 23.1 Å². The molecule has 0 saturated carbocycles. The van der Waals surface area contributed by atoms with Crippen molar-refractivity contribution in [2.24, 2.45) is 0 Å². The van der Waals surface area contributed by atoms with E-state index >= 15 is 0 Å². The average Bonchev–Trinajstić information content (AvgIpc) is 2.29. The topological polar surface area (TPSA) is 58.2 Å².